The molecule has 0 saturated carbocycles. The van der Waals surface area contributed by atoms with Crippen molar-refractivity contribution >= 4 is 11.9 Å². The second-order valence-electron chi connectivity index (χ2n) is 8.04. The molecule has 128 valence electrons. The molecule has 0 fully saturated rings. The first-order valence-corrected chi connectivity index (χ1v) is 8.62. The molecule has 0 aliphatic carbocycles. The van der Waals surface area contributed by atoms with Gasteiger partial charge in [-0.1, -0.05) is 65.8 Å². The van der Waals surface area contributed by atoms with Crippen molar-refractivity contribution in [2.24, 2.45) is 4.99 Å². The summed E-state index contributed by atoms with van der Waals surface area (Å²) in [4.78, 5) is 4.52. The van der Waals surface area contributed by atoms with Crippen LogP contribution in [0.15, 0.2) is 47.5 Å². The van der Waals surface area contributed by atoms with Crippen LogP contribution < -0.4 is 0 Å². The number of nitrogens with zero attached hydrogens (tertiary/aromatic N) is 1. The molecule has 2 rings (SSSR count). The molecule has 0 unspecified atom stereocenters. The van der Waals surface area contributed by atoms with E-state index in [1.54, 1.807) is 6.21 Å². The second kappa shape index (κ2) is 6.80. The Bertz CT molecular complexity index is 722. The largest absolute Gasteiger partial charge is 0.507 e. The van der Waals surface area contributed by atoms with Crippen LogP contribution in [0, 0.1) is 0 Å². The minimum atomic E-state index is -0.0827. The number of para-hydroxylation sites is 1. The molecule has 0 bridgehead atoms. The van der Waals surface area contributed by atoms with Crippen LogP contribution in [0.3, 0.4) is 0 Å². The van der Waals surface area contributed by atoms with Crippen molar-refractivity contribution in [3.63, 3.8) is 0 Å². The summed E-state index contributed by atoms with van der Waals surface area (Å²) in [7, 11) is 0. The number of rotatable bonds is 4. The average molecular weight is 323 g/mol. The highest BCUT2D eigenvalue weighted by Gasteiger charge is 2.26. The van der Waals surface area contributed by atoms with E-state index in [9.17, 15) is 5.11 Å². The molecule has 0 amide bonds. The van der Waals surface area contributed by atoms with Crippen molar-refractivity contribution in [2.45, 2.75) is 58.8 Å². The second-order valence-corrected chi connectivity index (χ2v) is 8.04. The summed E-state index contributed by atoms with van der Waals surface area (Å²) in [6, 6.07) is 14.0. The lowest BCUT2D eigenvalue weighted by Gasteiger charge is -2.29. The third-order valence-electron chi connectivity index (χ3n) is 4.73. The van der Waals surface area contributed by atoms with E-state index in [1.165, 1.54) is 5.56 Å². The Balaban J connectivity index is 2.58. The molecular formula is C22H29NO. The number of phenols is 1. The average Bonchev–Trinajstić information content (AvgIpc) is 2.53. The maximum absolute atomic E-state index is 10.8. The van der Waals surface area contributed by atoms with Gasteiger partial charge in [0.25, 0.3) is 0 Å². The summed E-state index contributed by atoms with van der Waals surface area (Å²) in [5, 5.41) is 10.8. The van der Waals surface area contributed by atoms with Crippen molar-refractivity contribution < 1.29 is 5.11 Å². The highest BCUT2D eigenvalue weighted by atomic mass is 16.3. The molecular weight excluding hydrogens is 294 g/mol. The van der Waals surface area contributed by atoms with E-state index in [2.05, 4.69) is 58.7 Å². The van der Waals surface area contributed by atoms with Gasteiger partial charge in [0.2, 0.25) is 0 Å². The highest BCUT2D eigenvalue weighted by molar-refractivity contribution is 5.86. The molecule has 0 atom stereocenters. The van der Waals surface area contributed by atoms with Crippen LogP contribution in [0.2, 0.25) is 0 Å². The van der Waals surface area contributed by atoms with Crippen molar-refractivity contribution in [2.75, 3.05) is 0 Å². The molecule has 0 aromatic heterocycles. The van der Waals surface area contributed by atoms with E-state index in [-0.39, 0.29) is 10.8 Å². The lowest BCUT2D eigenvalue weighted by molar-refractivity contribution is 0.426. The van der Waals surface area contributed by atoms with Gasteiger partial charge in [-0.2, -0.15) is 0 Å². The van der Waals surface area contributed by atoms with E-state index in [0.29, 0.717) is 5.75 Å². The van der Waals surface area contributed by atoms with E-state index in [1.807, 2.05) is 30.3 Å². The fourth-order valence-corrected chi connectivity index (χ4v) is 2.55. The molecule has 0 radical (unpaired) electrons. The van der Waals surface area contributed by atoms with Gasteiger partial charge in [-0.25, -0.2) is 0 Å². The fraction of sp³-hybridized carbons (Fsp3) is 0.409. The van der Waals surface area contributed by atoms with E-state index in [4.69, 9.17) is 0 Å². The Morgan fingerprint density at radius 3 is 2.17 bits per heavy atom. The van der Waals surface area contributed by atoms with Gasteiger partial charge in [0.1, 0.15) is 5.75 Å². The SMILES string of the molecule is CCC(C)(C)c1cc(C(C)(C)C)cc(C=Nc2ccccc2)c1O. The van der Waals surface area contributed by atoms with Gasteiger partial charge in [0, 0.05) is 17.3 Å². The van der Waals surface area contributed by atoms with Crippen LogP contribution in [0.4, 0.5) is 5.69 Å². The van der Waals surface area contributed by atoms with Gasteiger partial charge < -0.3 is 5.11 Å². The van der Waals surface area contributed by atoms with Crippen molar-refractivity contribution in [3.8, 4) is 5.75 Å². The first-order chi connectivity index (χ1) is 11.1. The predicted octanol–water partition coefficient (Wildman–Crippen LogP) is 6.13. The molecule has 24 heavy (non-hydrogen) atoms. The van der Waals surface area contributed by atoms with Gasteiger partial charge in [0.15, 0.2) is 0 Å². The van der Waals surface area contributed by atoms with Crippen molar-refractivity contribution in [1.82, 2.24) is 0 Å². The van der Waals surface area contributed by atoms with E-state index < -0.39 is 0 Å². The Morgan fingerprint density at radius 1 is 1.00 bits per heavy atom. The van der Waals surface area contributed by atoms with Gasteiger partial charge in [-0.3, -0.25) is 4.99 Å². The fourth-order valence-electron chi connectivity index (χ4n) is 2.55. The maximum atomic E-state index is 10.8. The number of aromatic hydroxyl groups is 1. The van der Waals surface area contributed by atoms with Crippen LogP contribution in [0.25, 0.3) is 0 Å². The monoisotopic (exact) mass is 323 g/mol. The Labute approximate surface area is 146 Å². The standard InChI is InChI=1S/C22H29NO/c1-7-22(5,6)19-14-17(21(2,3)4)13-16(20(19)24)15-23-18-11-9-8-10-12-18/h8-15,24H,7H2,1-6H3. The van der Waals surface area contributed by atoms with Crippen LogP contribution in [0.1, 0.15) is 64.7 Å². The summed E-state index contributed by atoms with van der Waals surface area (Å²) < 4.78 is 0. The molecule has 2 nitrogen and oxygen atoms in total. The van der Waals surface area contributed by atoms with Crippen LogP contribution in [-0.2, 0) is 10.8 Å². The van der Waals surface area contributed by atoms with E-state index in [0.717, 1.165) is 23.2 Å². The molecule has 2 aromatic carbocycles. The third kappa shape index (κ3) is 4.05. The number of aliphatic imine (C=N–C) groups is 1. The zero-order valence-electron chi connectivity index (χ0n) is 15.7. The smallest absolute Gasteiger partial charge is 0.128 e. The lowest BCUT2D eigenvalue weighted by Crippen LogP contribution is -2.19. The molecule has 0 spiro atoms. The first-order valence-electron chi connectivity index (χ1n) is 8.62. The first kappa shape index (κ1) is 18.3. The molecule has 1 N–H and O–H groups in total. The normalized spacial score (nSPS) is 12.8. The van der Waals surface area contributed by atoms with E-state index >= 15 is 0 Å². The maximum Gasteiger partial charge on any atom is 0.128 e. The number of hydrogen-bond donors (Lipinski definition) is 1. The van der Waals surface area contributed by atoms with Crippen LogP contribution in [0.5, 0.6) is 5.75 Å². The van der Waals surface area contributed by atoms with Gasteiger partial charge in [-0.15, -0.1) is 0 Å². The Morgan fingerprint density at radius 2 is 1.62 bits per heavy atom. The van der Waals surface area contributed by atoms with Crippen molar-refractivity contribution in [3.05, 3.63) is 59.2 Å². The van der Waals surface area contributed by atoms with Gasteiger partial charge in [-0.05, 0) is 41.0 Å². The molecule has 2 aromatic rings. The number of benzene rings is 2. The van der Waals surface area contributed by atoms with Gasteiger partial charge in [0.05, 0.1) is 5.69 Å². The Kier molecular flexibility index (Phi) is 5.17. The van der Waals surface area contributed by atoms with Gasteiger partial charge >= 0.3 is 0 Å². The third-order valence-corrected chi connectivity index (χ3v) is 4.73. The lowest BCUT2D eigenvalue weighted by atomic mass is 9.77. The van der Waals surface area contributed by atoms with Crippen molar-refractivity contribution in [1.29, 1.82) is 0 Å². The minimum absolute atomic E-state index is 0.0155. The zero-order chi connectivity index (χ0) is 18.0. The number of hydrogen-bond acceptors (Lipinski definition) is 2. The minimum Gasteiger partial charge on any atom is -0.507 e. The zero-order valence-corrected chi connectivity index (χ0v) is 15.7. The van der Waals surface area contributed by atoms with Crippen LogP contribution >= 0.6 is 0 Å². The molecule has 0 aliphatic heterocycles. The summed E-state index contributed by atoms with van der Waals surface area (Å²) in [6.07, 6.45) is 2.73. The highest BCUT2D eigenvalue weighted by Crippen LogP contribution is 2.39. The molecule has 0 heterocycles. The number of phenolic OH excluding ortho intramolecular Hbond substituents is 1. The molecule has 0 aliphatic rings. The Hall–Kier alpha value is -2.09. The summed E-state index contributed by atoms with van der Waals surface area (Å²) in [5.74, 6) is 0.342. The summed E-state index contributed by atoms with van der Waals surface area (Å²) in [5.41, 5.74) is 3.80. The topological polar surface area (TPSA) is 32.6 Å². The molecule has 2 heteroatoms. The summed E-state index contributed by atoms with van der Waals surface area (Å²) >= 11 is 0. The quantitative estimate of drug-likeness (QED) is 0.675. The molecule has 0 saturated heterocycles. The predicted molar refractivity (Wildman–Crippen MR) is 104 cm³/mol. The van der Waals surface area contributed by atoms with Crippen LogP contribution in [-0.4, -0.2) is 11.3 Å². The summed E-state index contributed by atoms with van der Waals surface area (Å²) in [6.45, 7) is 13.1.